The van der Waals surface area contributed by atoms with Crippen LogP contribution in [0.15, 0.2) is 4.99 Å². The summed E-state index contributed by atoms with van der Waals surface area (Å²) in [7, 11) is 1.81. The van der Waals surface area contributed by atoms with Crippen LogP contribution in [0.4, 0.5) is 0 Å². The van der Waals surface area contributed by atoms with Gasteiger partial charge < -0.3 is 15.4 Å². The monoisotopic (exact) mass is 399 g/mol. The van der Waals surface area contributed by atoms with Crippen molar-refractivity contribution in [3.05, 3.63) is 0 Å². The summed E-state index contributed by atoms with van der Waals surface area (Å²) in [6, 6.07) is 0.416. The van der Waals surface area contributed by atoms with Crippen molar-refractivity contribution in [3.8, 4) is 0 Å². The fourth-order valence-corrected chi connectivity index (χ4v) is 1.73. The molecule has 2 unspecified atom stereocenters. The van der Waals surface area contributed by atoms with E-state index in [1.165, 1.54) is 0 Å². The van der Waals surface area contributed by atoms with Crippen molar-refractivity contribution in [2.24, 2.45) is 16.8 Å². The van der Waals surface area contributed by atoms with E-state index < -0.39 is 0 Å². The lowest BCUT2D eigenvalue weighted by molar-refractivity contribution is 0.0258. The summed E-state index contributed by atoms with van der Waals surface area (Å²) >= 11 is 0. The van der Waals surface area contributed by atoms with Gasteiger partial charge in [0.2, 0.25) is 0 Å². The predicted molar refractivity (Wildman–Crippen MR) is 99.1 cm³/mol. The first-order chi connectivity index (χ1) is 8.92. The predicted octanol–water partition coefficient (Wildman–Crippen LogP) is 3.27. The van der Waals surface area contributed by atoms with E-state index in [0.29, 0.717) is 24.0 Å². The Labute approximate surface area is 142 Å². The van der Waals surface area contributed by atoms with Crippen LogP contribution in [0.2, 0.25) is 0 Å². The highest BCUT2D eigenvalue weighted by Gasteiger charge is 2.13. The number of rotatable bonds is 8. The third-order valence-electron chi connectivity index (χ3n) is 3.43. The number of aliphatic imine (C=N–C) groups is 1. The van der Waals surface area contributed by atoms with E-state index in [-0.39, 0.29) is 24.0 Å². The van der Waals surface area contributed by atoms with Gasteiger partial charge in [0.05, 0.1) is 6.10 Å². The second-order valence-electron chi connectivity index (χ2n) is 5.70. The molecule has 0 aliphatic carbocycles. The maximum Gasteiger partial charge on any atom is 0.191 e. The van der Waals surface area contributed by atoms with Gasteiger partial charge in [-0.05, 0) is 32.1 Å². The Balaban J connectivity index is 0. The minimum absolute atomic E-state index is 0. The molecule has 5 heteroatoms. The van der Waals surface area contributed by atoms with E-state index in [1.807, 2.05) is 14.0 Å². The zero-order valence-electron chi connectivity index (χ0n) is 14.2. The number of nitrogens with one attached hydrogen (secondary N) is 2. The molecule has 0 aliphatic heterocycles. The van der Waals surface area contributed by atoms with Crippen LogP contribution in [-0.4, -0.2) is 38.3 Å². The van der Waals surface area contributed by atoms with Gasteiger partial charge in [-0.25, -0.2) is 0 Å². The van der Waals surface area contributed by atoms with Crippen LogP contribution < -0.4 is 10.6 Å². The first-order valence-electron chi connectivity index (χ1n) is 7.51. The Morgan fingerprint density at radius 1 is 1.10 bits per heavy atom. The standard InChI is InChI=1S/C15H33N3O.HI/c1-8-19-14(12(4)5)9-10-17-15(16-7)18-13(6)11(2)3;/h11-14H,8-10H2,1-7H3,(H2,16,17,18);1H. The molecule has 0 aromatic heterocycles. The van der Waals surface area contributed by atoms with Gasteiger partial charge in [-0.2, -0.15) is 0 Å². The first kappa shape index (κ1) is 22.2. The van der Waals surface area contributed by atoms with Crippen LogP contribution in [0.3, 0.4) is 0 Å². The molecule has 0 aliphatic rings. The minimum Gasteiger partial charge on any atom is -0.378 e. The average molecular weight is 399 g/mol. The SMILES string of the molecule is CCOC(CCNC(=NC)NC(C)C(C)C)C(C)C.I. The van der Waals surface area contributed by atoms with Crippen molar-refractivity contribution in [3.63, 3.8) is 0 Å². The van der Waals surface area contributed by atoms with Crippen molar-refractivity contribution in [2.75, 3.05) is 20.2 Å². The van der Waals surface area contributed by atoms with Gasteiger partial charge >= 0.3 is 0 Å². The molecule has 2 N–H and O–H groups in total. The Morgan fingerprint density at radius 3 is 2.10 bits per heavy atom. The van der Waals surface area contributed by atoms with Gasteiger partial charge in [0, 0.05) is 26.2 Å². The zero-order valence-corrected chi connectivity index (χ0v) is 16.5. The smallest absolute Gasteiger partial charge is 0.191 e. The fourth-order valence-electron chi connectivity index (χ4n) is 1.73. The van der Waals surface area contributed by atoms with Crippen LogP contribution >= 0.6 is 24.0 Å². The summed E-state index contributed by atoms with van der Waals surface area (Å²) in [5.74, 6) is 2.01. The van der Waals surface area contributed by atoms with Crippen LogP contribution in [-0.2, 0) is 4.74 Å². The van der Waals surface area contributed by atoms with Gasteiger partial charge in [0.25, 0.3) is 0 Å². The maximum absolute atomic E-state index is 5.74. The highest BCUT2D eigenvalue weighted by atomic mass is 127. The molecule has 122 valence electrons. The molecular weight excluding hydrogens is 365 g/mol. The van der Waals surface area contributed by atoms with E-state index in [0.717, 1.165) is 25.5 Å². The van der Waals surface area contributed by atoms with E-state index in [2.05, 4.69) is 50.2 Å². The van der Waals surface area contributed by atoms with Gasteiger partial charge in [0.1, 0.15) is 0 Å². The maximum atomic E-state index is 5.74. The lowest BCUT2D eigenvalue weighted by Gasteiger charge is -2.23. The molecule has 0 fully saturated rings. The van der Waals surface area contributed by atoms with Gasteiger partial charge in [-0.15, -0.1) is 24.0 Å². The summed E-state index contributed by atoms with van der Waals surface area (Å²) in [6.45, 7) is 14.7. The quantitative estimate of drug-likeness (QED) is 0.374. The van der Waals surface area contributed by atoms with Crippen molar-refractivity contribution in [1.82, 2.24) is 10.6 Å². The third kappa shape index (κ3) is 9.80. The Bertz CT molecular complexity index is 258. The van der Waals surface area contributed by atoms with E-state index in [4.69, 9.17) is 4.74 Å². The third-order valence-corrected chi connectivity index (χ3v) is 3.43. The number of hydrogen-bond acceptors (Lipinski definition) is 2. The molecule has 0 heterocycles. The molecular formula is C15H34IN3O. The van der Waals surface area contributed by atoms with Gasteiger partial charge in [-0.1, -0.05) is 27.7 Å². The molecule has 0 radical (unpaired) electrons. The first-order valence-corrected chi connectivity index (χ1v) is 7.51. The average Bonchev–Trinajstić information content (AvgIpc) is 2.35. The number of halogens is 1. The molecule has 0 saturated carbocycles. The molecule has 0 saturated heterocycles. The van der Waals surface area contributed by atoms with Gasteiger partial charge in [0.15, 0.2) is 5.96 Å². The number of ether oxygens (including phenoxy) is 1. The van der Waals surface area contributed by atoms with Crippen LogP contribution in [0, 0.1) is 11.8 Å². The Hall–Kier alpha value is -0.0400. The zero-order chi connectivity index (χ0) is 14.8. The molecule has 0 aromatic carbocycles. The second kappa shape index (κ2) is 12.7. The molecule has 0 amide bonds. The molecule has 0 rings (SSSR count). The summed E-state index contributed by atoms with van der Waals surface area (Å²) < 4.78 is 5.74. The number of guanidine groups is 1. The molecule has 20 heavy (non-hydrogen) atoms. The van der Waals surface area contributed by atoms with Crippen molar-refractivity contribution in [1.29, 1.82) is 0 Å². The highest BCUT2D eigenvalue weighted by Crippen LogP contribution is 2.09. The number of hydrogen-bond donors (Lipinski definition) is 2. The normalized spacial score (nSPS) is 14.9. The summed E-state index contributed by atoms with van der Waals surface area (Å²) in [4.78, 5) is 4.25. The van der Waals surface area contributed by atoms with Crippen molar-refractivity contribution in [2.45, 2.75) is 60.1 Å². The molecule has 0 spiro atoms. The topological polar surface area (TPSA) is 45.6 Å². The molecule has 0 aromatic rings. The van der Waals surface area contributed by atoms with Crippen LogP contribution in [0.5, 0.6) is 0 Å². The Morgan fingerprint density at radius 2 is 1.70 bits per heavy atom. The minimum atomic E-state index is 0. The van der Waals surface area contributed by atoms with Crippen LogP contribution in [0.25, 0.3) is 0 Å². The van der Waals surface area contributed by atoms with Crippen LogP contribution in [0.1, 0.15) is 48.0 Å². The molecule has 0 bridgehead atoms. The van der Waals surface area contributed by atoms with Crippen molar-refractivity contribution < 1.29 is 4.74 Å². The Kier molecular flexibility index (Phi) is 14.1. The van der Waals surface area contributed by atoms with E-state index in [9.17, 15) is 0 Å². The van der Waals surface area contributed by atoms with Crippen molar-refractivity contribution >= 4 is 29.9 Å². The summed E-state index contributed by atoms with van der Waals surface area (Å²) in [5.41, 5.74) is 0. The highest BCUT2D eigenvalue weighted by molar-refractivity contribution is 14.0. The largest absolute Gasteiger partial charge is 0.378 e. The van der Waals surface area contributed by atoms with Gasteiger partial charge in [-0.3, -0.25) is 4.99 Å². The second-order valence-corrected chi connectivity index (χ2v) is 5.70. The fraction of sp³-hybridized carbons (Fsp3) is 0.933. The number of nitrogens with zero attached hydrogens (tertiary/aromatic N) is 1. The van der Waals surface area contributed by atoms with E-state index >= 15 is 0 Å². The molecule has 4 nitrogen and oxygen atoms in total. The molecule has 2 atom stereocenters. The summed E-state index contributed by atoms with van der Waals surface area (Å²) in [6.07, 6.45) is 1.32. The van der Waals surface area contributed by atoms with E-state index in [1.54, 1.807) is 0 Å². The summed E-state index contributed by atoms with van der Waals surface area (Å²) in [5, 5.41) is 6.76. The lowest BCUT2D eigenvalue weighted by atomic mass is 10.0. The lowest BCUT2D eigenvalue weighted by Crippen LogP contribution is -2.45.